The predicted octanol–water partition coefficient (Wildman–Crippen LogP) is 5.75. The van der Waals surface area contributed by atoms with Gasteiger partial charge < -0.3 is 4.90 Å². The van der Waals surface area contributed by atoms with Crippen molar-refractivity contribution in [2.45, 2.75) is 56.0 Å². The summed E-state index contributed by atoms with van der Waals surface area (Å²) in [5, 5.41) is 13.8. The first kappa shape index (κ1) is 20.8. The largest absolute Gasteiger partial charge is 0.377 e. The third-order valence-electron chi connectivity index (χ3n) is 5.81. The van der Waals surface area contributed by atoms with Crippen molar-refractivity contribution in [3.8, 4) is 6.07 Å². The lowest BCUT2D eigenvalue weighted by molar-refractivity contribution is 0.298. The molecule has 1 N–H and O–H groups in total. The number of unbranched alkanes of at least 4 members (excludes halogenated alkanes) is 1. The van der Waals surface area contributed by atoms with E-state index in [1.54, 1.807) is 0 Å². The van der Waals surface area contributed by atoms with Gasteiger partial charge in [-0.3, -0.25) is 5.32 Å². The van der Waals surface area contributed by atoms with Gasteiger partial charge in [-0.05, 0) is 36.1 Å². The van der Waals surface area contributed by atoms with Crippen LogP contribution in [0.4, 0.5) is 5.69 Å². The average molecular weight is 394 g/mol. The van der Waals surface area contributed by atoms with Gasteiger partial charge in [0, 0.05) is 30.3 Å². The van der Waals surface area contributed by atoms with E-state index < -0.39 is 0 Å². The van der Waals surface area contributed by atoms with Gasteiger partial charge in [-0.1, -0.05) is 57.0 Å². The van der Waals surface area contributed by atoms with E-state index in [0.717, 1.165) is 23.4 Å². The van der Waals surface area contributed by atoms with Crippen LogP contribution >= 0.6 is 11.8 Å². The minimum absolute atomic E-state index is 0.102. The van der Waals surface area contributed by atoms with Gasteiger partial charge in [0.15, 0.2) is 0 Å². The maximum absolute atomic E-state index is 9.69. The highest BCUT2D eigenvalue weighted by atomic mass is 32.2. The zero-order valence-electron chi connectivity index (χ0n) is 17.5. The lowest BCUT2D eigenvalue weighted by atomic mass is 9.87. The van der Waals surface area contributed by atoms with E-state index in [1.165, 1.54) is 35.3 Å². The summed E-state index contributed by atoms with van der Waals surface area (Å²) in [5.41, 5.74) is 4.41. The van der Waals surface area contributed by atoms with Gasteiger partial charge in [-0.25, -0.2) is 0 Å². The molecule has 0 fully saturated rings. The van der Waals surface area contributed by atoms with Gasteiger partial charge in [-0.2, -0.15) is 5.26 Å². The lowest BCUT2D eigenvalue weighted by Crippen LogP contribution is -2.48. The summed E-state index contributed by atoms with van der Waals surface area (Å²) in [6.45, 7) is 4.56. The quantitative estimate of drug-likeness (QED) is 0.678. The van der Waals surface area contributed by atoms with Crippen LogP contribution < -0.4 is 10.2 Å². The van der Waals surface area contributed by atoms with E-state index in [2.05, 4.69) is 67.7 Å². The van der Waals surface area contributed by atoms with E-state index in [9.17, 15) is 5.26 Å². The molecule has 3 nitrogen and oxygen atoms in total. The van der Waals surface area contributed by atoms with Gasteiger partial charge >= 0.3 is 0 Å². The molecule has 0 amide bonds. The van der Waals surface area contributed by atoms with Crippen molar-refractivity contribution in [3.05, 3.63) is 59.2 Å². The highest BCUT2D eigenvalue weighted by Gasteiger charge is 2.36. The van der Waals surface area contributed by atoms with Crippen LogP contribution in [0.25, 0.3) is 0 Å². The van der Waals surface area contributed by atoms with Crippen molar-refractivity contribution < 1.29 is 0 Å². The van der Waals surface area contributed by atoms with Crippen LogP contribution in [0.15, 0.2) is 47.4 Å². The van der Waals surface area contributed by atoms with Crippen molar-refractivity contribution in [2.75, 3.05) is 24.7 Å². The number of thioether (sulfide) groups is 1. The van der Waals surface area contributed by atoms with Crippen molar-refractivity contribution in [2.24, 2.45) is 0 Å². The number of nitrogens with one attached hydrogen (secondary N) is 1. The van der Waals surface area contributed by atoms with Crippen LogP contribution in [0.2, 0.25) is 0 Å². The minimum atomic E-state index is 0.102. The molecule has 2 atom stereocenters. The third kappa shape index (κ3) is 4.21. The number of rotatable bonds is 6. The normalized spacial score (nSPS) is 21.5. The van der Waals surface area contributed by atoms with E-state index in [0.29, 0.717) is 0 Å². The second kappa shape index (κ2) is 9.03. The summed E-state index contributed by atoms with van der Waals surface area (Å²) >= 11 is 1.91. The summed E-state index contributed by atoms with van der Waals surface area (Å²) in [4.78, 5) is 3.27. The SMILES string of the molecule is CCCC[C@]1(CC)CSc2cc(C#N)c(N(C)C)cc2[C@@H](c2ccccc2)N1. The highest BCUT2D eigenvalue weighted by molar-refractivity contribution is 7.99. The minimum Gasteiger partial charge on any atom is -0.377 e. The molecule has 0 aliphatic carbocycles. The summed E-state index contributed by atoms with van der Waals surface area (Å²) in [7, 11) is 4.02. The van der Waals surface area contributed by atoms with Crippen LogP contribution in [-0.2, 0) is 0 Å². The molecule has 148 valence electrons. The number of hydrogen-bond donors (Lipinski definition) is 1. The standard InChI is InChI=1S/C24H31N3S/c1-5-7-13-24(6-2)17-28-22-14-19(16-25)21(27(3)4)15-20(22)23(26-24)18-11-9-8-10-12-18/h8-12,14-15,23,26H,5-7,13,17H2,1-4H3/t23-,24-/m1/s1. The van der Waals surface area contributed by atoms with Gasteiger partial charge in [0.05, 0.1) is 17.3 Å². The second-order valence-corrected chi connectivity index (χ2v) is 8.94. The molecular formula is C24H31N3S. The van der Waals surface area contributed by atoms with Gasteiger partial charge in [0.25, 0.3) is 0 Å². The molecule has 28 heavy (non-hydrogen) atoms. The summed E-state index contributed by atoms with van der Waals surface area (Å²) < 4.78 is 0. The Labute approximate surface area is 174 Å². The predicted molar refractivity (Wildman–Crippen MR) is 120 cm³/mol. The Kier molecular flexibility index (Phi) is 6.69. The number of nitrogens with zero attached hydrogens (tertiary/aromatic N) is 2. The summed E-state index contributed by atoms with van der Waals surface area (Å²) in [5.74, 6) is 1.03. The fraction of sp³-hybridized carbons (Fsp3) is 0.458. The molecule has 0 radical (unpaired) electrons. The number of anilines is 1. The molecule has 0 aromatic heterocycles. The summed E-state index contributed by atoms with van der Waals surface area (Å²) in [6.07, 6.45) is 4.71. The Morgan fingerprint density at radius 1 is 1.21 bits per heavy atom. The molecule has 0 saturated heterocycles. The second-order valence-electron chi connectivity index (χ2n) is 7.93. The van der Waals surface area contributed by atoms with E-state index in [-0.39, 0.29) is 11.6 Å². The number of fused-ring (bicyclic) bond motifs is 1. The fourth-order valence-electron chi connectivity index (χ4n) is 3.98. The molecule has 0 spiro atoms. The Morgan fingerprint density at radius 2 is 1.96 bits per heavy atom. The Bertz CT molecular complexity index is 841. The van der Waals surface area contributed by atoms with E-state index in [1.807, 2.05) is 30.8 Å². The zero-order valence-corrected chi connectivity index (χ0v) is 18.3. The van der Waals surface area contributed by atoms with Crippen LogP contribution in [0.5, 0.6) is 0 Å². The molecular weight excluding hydrogens is 362 g/mol. The number of benzene rings is 2. The zero-order chi connectivity index (χ0) is 20.1. The van der Waals surface area contributed by atoms with Crippen LogP contribution in [0.3, 0.4) is 0 Å². The first-order valence-corrected chi connectivity index (χ1v) is 11.2. The number of hydrogen-bond acceptors (Lipinski definition) is 4. The van der Waals surface area contributed by atoms with Crippen molar-refractivity contribution in [1.29, 1.82) is 5.26 Å². The molecule has 0 bridgehead atoms. The Balaban J connectivity index is 2.15. The molecule has 0 unspecified atom stereocenters. The van der Waals surface area contributed by atoms with Crippen molar-refractivity contribution in [1.82, 2.24) is 5.32 Å². The monoisotopic (exact) mass is 393 g/mol. The van der Waals surface area contributed by atoms with Gasteiger partial charge in [-0.15, -0.1) is 11.8 Å². The number of nitriles is 1. The molecule has 1 aliphatic heterocycles. The van der Waals surface area contributed by atoms with Crippen molar-refractivity contribution in [3.63, 3.8) is 0 Å². The van der Waals surface area contributed by atoms with Crippen molar-refractivity contribution >= 4 is 17.4 Å². The van der Waals surface area contributed by atoms with Gasteiger partial charge in [0.1, 0.15) is 6.07 Å². The van der Waals surface area contributed by atoms with E-state index >= 15 is 0 Å². The maximum atomic E-state index is 9.69. The first-order chi connectivity index (χ1) is 13.5. The van der Waals surface area contributed by atoms with Crippen LogP contribution in [-0.4, -0.2) is 25.4 Å². The topological polar surface area (TPSA) is 39.1 Å². The molecule has 4 heteroatoms. The highest BCUT2D eigenvalue weighted by Crippen LogP contribution is 2.43. The molecule has 2 aromatic carbocycles. The smallest absolute Gasteiger partial charge is 0.101 e. The van der Waals surface area contributed by atoms with Gasteiger partial charge in [0.2, 0.25) is 0 Å². The molecule has 1 aliphatic rings. The molecule has 0 saturated carbocycles. The fourth-order valence-corrected chi connectivity index (χ4v) is 5.39. The molecule has 1 heterocycles. The van der Waals surface area contributed by atoms with E-state index in [4.69, 9.17) is 0 Å². The van der Waals surface area contributed by atoms with Crippen LogP contribution in [0, 0.1) is 11.3 Å². The maximum Gasteiger partial charge on any atom is 0.101 e. The first-order valence-electron chi connectivity index (χ1n) is 10.2. The lowest BCUT2D eigenvalue weighted by Gasteiger charge is -2.36. The summed E-state index contributed by atoms with van der Waals surface area (Å²) in [6, 6.07) is 17.6. The average Bonchev–Trinajstić information content (AvgIpc) is 2.89. The third-order valence-corrected chi connectivity index (χ3v) is 7.18. The molecule has 3 rings (SSSR count). The Hall–Kier alpha value is -1.96. The Morgan fingerprint density at radius 3 is 2.57 bits per heavy atom. The molecule has 2 aromatic rings. The van der Waals surface area contributed by atoms with Crippen LogP contribution in [0.1, 0.15) is 62.3 Å².